The average Bonchev–Trinajstić information content (AvgIpc) is 2.76. The first-order valence-corrected chi connectivity index (χ1v) is 6.29. The summed E-state index contributed by atoms with van der Waals surface area (Å²) in [6.07, 6.45) is 1.74. The first kappa shape index (κ1) is 10.5. The summed E-state index contributed by atoms with van der Waals surface area (Å²) in [5, 5.41) is 20.1. The van der Waals surface area contributed by atoms with E-state index in [1.54, 1.807) is 30.3 Å². The number of aryl methyl sites for hydroxylation is 2. The number of phenols is 2. The van der Waals surface area contributed by atoms with Gasteiger partial charge in [-0.2, -0.15) is 0 Å². The summed E-state index contributed by atoms with van der Waals surface area (Å²) in [6, 6.07) is 10.5. The second-order valence-corrected chi connectivity index (χ2v) is 4.93. The summed E-state index contributed by atoms with van der Waals surface area (Å²) in [6.45, 7) is 0. The highest BCUT2D eigenvalue weighted by Crippen LogP contribution is 2.41. The molecular weight excluding hydrogens is 240 g/mol. The first-order valence-electron chi connectivity index (χ1n) is 6.29. The molecule has 94 valence electrons. The summed E-state index contributed by atoms with van der Waals surface area (Å²) in [5.41, 5.74) is 4.08. The van der Waals surface area contributed by atoms with E-state index in [4.69, 9.17) is 4.42 Å². The Morgan fingerprint density at radius 1 is 0.895 bits per heavy atom. The standard InChI is InChI=1S/C16H12O3/c17-10-2-5-12-9(7-10)1-4-13-14-8-11(18)3-6-15(14)19-16(12)13/h2-3,5-8,17-18H,1,4H2. The summed E-state index contributed by atoms with van der Waals surface area (Å²) < 4.78 is 5.92. The van der Waals surface area contributed by atoms with Crippen LogP contribution in [0.1, 0.15) is 11.1 Å². The van der Waals surface area contributed by atoms with E-state index in [0.717, 1.165) is 46.3 Å². The molecule has 0 saturated carbocycles. The Labute approximate surface area is 109 Å². The monoisotopic (exact) mass is 252 g/mol. The van der Waals surface area contributed by atoms with Gasteiger partial charge < -0.3 is 14.6 Å². The average molecular weight is 252 g/mol. The summed E-state index contributed by atoms with van der Waals surface area (Å²) >= 11 is 0. The Morgan fingerprint density at radius 3 is 2.58 bits per heavy atom. The Bertz CT molecular complexity index is 799. The van der Waals surface area contributed by atoms with Crippen molar-refractivity contribution in [2.24, 2.45) is 0 Å². The van der Waals surface area contributed by atoms with E-state index in [1.165, 1.54) is 0 Å². The minimum absolute atomic E-state index is 0.257. The van der Waals surface area contributed by atoms with Crippen molar-refractivity contribution in [2.75, 3.05) is 0 Å². The third kappa shape index (κ3) is 1.45. The minimum atomic E-state index is 0.257. The Balaban J connectivity index is 2.04. The quantitative estimate of drug-likeness (QED) is 0.642. The second kappa shape index (κ2) is 3.54. The predicted octanol–water partition coefficient (Wildman–Crippen LogP) is 3.61. The SMILES string of the molecule is Oc1ccc2c(c1)CCc1c-2oc2ccc(O)cc12. The number of phenolic OH excluding ortho intramolecular Hbond substituents is 2. The molecule has 1 heterocycles. The smallest absolute Gasteiger partial charge is 0.138 e. The molecule has 0 fully saturated rings. The zero-order chi connectivity index (χ0) is 13.0. The second-order valence-electron chi connectivity index (χ2n) is 4.93. The topological polar surface area (TPSA) is 53.6 Å². The third-order valence-electron chi connectivity index (χ3n) is 3.75. The molecule has 1 aliphatic rings. The number of aromatic hydroxyl groups is 2. The van der Waals surface area contributed by atoms with E-state index in [0.29, 0.717) is 0 Å². The lowest BCUT2D eigenvalue weighted by molar-refractivity contribution is 0.474. The Morgan fingerprint density at radius 2 is 1.68 bits per heavy atom. The van der Waals surface area contributed by atoms with Gasteiger partial charge in [-0.1, -0.05) is 0 Å². The van der Waals surface area contributed by atoms with Gasteiger partial charge in [0.15, 0.2) is 0 Å². The van der Waals surface area contributed by atoms with Crippen LogP contribution in [0.15, 0.2) is 40.8 Å². The van der Waals surface area contributed by atoms with Crippen LogP contribution in [0, 0.1) is 0 Å². The van der Waals surface area contributed by atoms with Gasteiger partial charge in [0.1, 0.15) is 22.8 Å². The van der Waals surface area contributed by atoms with Crippen LogP contribution < -0.4 is 0 Å². The van der Waals surface area contributed by atoms with Crippen molar-refractivity contribution in [3.05, 3.63) is 47.5 Å². The number of rotatable bonds is 0. The van der Waals surface area contributed by atoms with Crippen LogP contribution >= 0.6 is 0 Å². The van der Waals surface area contributed by atoms with E-state index in [1.807, 2.05) is 6.07 Å². The molecule has 2 aromatic carbocycles. The van der Waals surface area contributed by atoms with Crippen molar-refractivity contribution >= 4 is 11.0 Å². The highest BCUT2D eigenvalue weighted by Gasteiger charge is 2.23. The molecule has 0 spiro atoms. The van der Waals surface area contributed by atoms with E-state index < -0.39 is 0 Å². The molecule has 19 heavy (non-hydrogen) atoms. The van der Waals surface area contributed by atoms with E-state index in [2.05, 4.69) is 0 Å². The van der Waals surface area contributed by atoms with Crippen LogP contribution in [0.2, 0.25) is 0 Å². The maximum Gasteiger partial charge on any atom is 0.138 e. The number of hydrogen-bond acceptors (Lipinski definition) is 3. The fraction of sp³-hybridized carbons (Fsp3) is 0.125. The molecule has 3 aromatic rings. The van der Waals surface area contributed by atoms with E-state index in [-0.39, 0.29) is 11.5 Å². The molecule has 0 bridgehead atoms. The van der Waals surface area contributed by atoms with Crippen LogP contribution in [0.5, 0.6) is 11.5 Å². The molecule has 0 saturated heterocycles. The van der Waals surface area contributed by atoms with E-state index >= 15 is 0 Å². The van der Waals surface area contributed by atoms with Gasteiger partial charge >= 0.3 is 0 Å². The third-order valence-corrected chi connectivity index (χ3v) is 3.75. The summed E-state index contributed by atoms with van der Waals surface area (Å²) in [7, 11) is 0. The van der Waals surface area contributed by atoms with Crippen LogP contribution in [-0.4, -0.2) is 10.2 Å². The van der Waals surface area contributed by atoms with Gasteiger partial charge in [0.2, 0.25) is 0 Å². The normalized spacial score (nSPS) is 13.3. The molecule has 3 nitrogen and oxygen atoms in total. The van der Waals surface area contributed by atoms with Gasteiger partial charge in [0.25, 0.3) is 0 Å². The van der Waals surface area contributed by atoms with E-state index in [9.17, 15) is 10.2 Å². The fourth-order valence-corrected chi connectivity index (χ4v) is 2.87. The minimum Gasteiger partial charge on any atom is -0.508 e. The summed E-state index contributed by atoms with van der Waals surface area (Å²) in [5.74, 6) is 1.41. The van der Waals surface area contributed by atoms with Crippen LogP contribution in [-0.2, 0) is 12.8 Å². The highest BCUT2D eigenvalue weighted by molar-refractivity contribution is 5.90. The predicted molar refractivity (Wildman–Crippen MR) is 72.4 cm³/mol. The van der Waals surface area contributed by atoms with Crippen molar-refractivity contribution in [2.45, 2.75) is 12.8 Å². The molecule has 0 radical (unpaired) electrons. The molecule has 4 rings (SSSR count). The zero-order valence-corrected chi connectivity index (χ0v) is 10.2. The van der Waals surface area contributed by atoms with Gasteiger partial charge in [-0.15, -0.1) is 0 Å². The lowest BCUT2D eigenvalue weighted by Gasteiger charge is -2.15. The molecule has 0 atom stereocenters. The molecule has 0 aliphatic heterocycles. The Hall–Kier alpha value is -2.42. The van der Waals surface area contributed by atoms with Gasteiger partial charge in [0, 0.05) is 16.5 Å². The lowest BCUT2D eigenvalue weighted by atomic mass is 9.89. The van der Waals surface area contributed by atoms with Crippen molar-refractivity contribution in [3.8, 4) is 22.8 Å². The maximum absolute atomic E-state index is 9.61. The van der Waals surface area contributed by atoms with Crippen molar-refractivity contribution in [1.82, 2.24) is 0 Å². The number of hydrogen-bond donors (Lipinski definition) is 2. The molecular formula is C16H12O3. The van der Waals surface area contributed by atoms with Crippen molar-refractivity contribution < 1.29 is 14.6 Å². The molecule has 0 unspecified atom stereocenters. The largest absolute Gasteiger partial charge is 0.508 e. The first-order chi connectivity index (χ1) is 9.22. The lowest BCUT2D eigenvalue weighted by Crippen LogP contribution is -2.01. The fourth-order valence-electron chi connectivity index (χ4n) is 2.87. The zero-order valence-electron chi connectivity index (χ0n) is 10.2. The number of fused-ring (bicyclic) bond motifs is 5. The molecule has 1 aromatic heterocycles. The summed E-state index contributed by atoms with van der Waals surface area (Å²) in [4.78, 5) is 0. The molecule has 3 heteroatoms. The van der Waals surface area contributed by atoms with Gasteiger partial charge in [0.05, 0.1) is 0 Å². The number of benzene rings is 2. The highest BCUT2D eigenvalue weighted by atomic mass is 16.3. The van der Waals surface area contributed by atoms with Crippen molar-refractivity contribution in [3.63, 3.8) is 0 Å². The molecule has 1 aliphatic carbocycles. The van der Waals surface area contributed by atoms with Crippen LogP contribution in [0.3, 0.4) is 0 Å². The molecule has 2 N–H and O–H groups in total. The number of furan rings is 1. The van der Waals surface area contributed by atoms with Gasteiger partial charge in [-0.05, 0) is 54.8 Å². The molecule has 0 amide bonds. The Kier molecular flexibility index (Phi) is 1.96. The van der Waals surface area contributed by atoms with Crippen LogP contribution in [0.4, 0.5) is 0 Å². The maximum atomic E-state index is 9.61. The van der Waals surface area contributed by atoms with Gasteiger partial charge in [-0.25, -0.2) is 0 Å². The van der Waals surface area contributed by atoms with Crippen LogP contribution in [0.25, 0.3) is 22.3 Å². The van der Waals surface area contributed by atoms with Gasteiger partial charge in [-0.3, -0.25) is 0 Å². The van der Waals surface area contributed by atoms with Crippen molar-refractivity contribution in [1.29, 1.82) is 0 Å².